The van der Waals surface area contributed by atoms with Crippen molar-refractivity contribution in [2.45, 2.75) is 13.5 Å². The van der Waals surface area contributed by atoms with Crippen molar-refractivity contribution in [2.24, 2.45) is 0 Å². The Balaban J connectivity index is 1.75. The zero-order chi connectivity index (χ0) is 16.2. The van der Waals surface area contributed by atoms with Gasteiger partial charge >= 0.3 is 0 Å². The van der Waals surface area contributed by atoms with E-state index in [1.165, 1.54) is 12.1 Å². The first-order valence-electron chi connectivity index (χ1n) is 6.94. The minimum atomic E-state index is -0.461. The summed E-state index contributed by atoms with van der Waals surface area (Å²) >= 11 is 5.78. The molecular formula is C16H14ClFN4O. The van der Waals surface area contributed by atoms with Gasteiger partial charge in [0.2, 0.25) is 5.95 Å². The Morgan fingerprint density at radius 2 is 2.09 bits per heavy atom. The molecule has 3 rings (SSSR count). The predicted octanol–water partition coefficient (Wildman–Crippen LogP) is 4.53. The summed E-state index contributed by atoms with van der Waals surface area (Å²) in [4.78, 5) is 8.69. The van der Waals surface area contributed by atoms with Crippen LogP contribution in [0, 0.1) is 12.7 Å². The highest BCUT2D eigenvalue weighted by Gasteiger charge is 2.06. The summed E-state index contributed by atoms with van der Waals surface area (Å²) < 4.78 is 18.4. The molecule has 5 nitrogen and oxygen atoms in total. The minimum Gasteiger partial charge on any atom is -0.467 e. The topological polar surface area (TPSA) is 63.0 Å². The van der Waals surface area contributed by atoms with Crippen molar-refractivity contribution >= 4 is 29.1 Å². The van der Waals surface area contributed by atoms with Crippen molar-refractivity contribution in [1.29, 1.82) is 0 Å². The maximum Gasteiger partial charge on any atom is 0.225 e. The van der Waals surface area contributed by atoms with Crippen molar-refractivity contribution in [1.82, 2.24) is 9.97 Å². The van der Waals surface area contributed by atoms with Gasteiger partial charge in [-0.3, -0.25) is 0 Å². The van der Waals surface area contributed by atoms with E-state index in [4.69, 9.17) is 16.0 Å². The third-order valence-corrected chi connectivity index (χ3v) is 3.34. The van der Waals surface area contributed by atoms with Crippen LogP contribution in [0.25, 0.3) is 0 Å². The summed E-state index contributed by atoms with van der Waals surface area (Å²) in [7, 11) is 0. The monoisotopic (exact) mass is 332 g/mol. The largest absolute Gasteiger partial charge is 0.467 e. The number of rotatable bonds is 5. The fourth-order valence-corrected chi connectivity index (χ4v) is 2.19. The van der Waals surface area contributed by atoms with E-state index in [0.29, 0.717) is 24.0 Å². The van der Waals surface area contributed by atoms with Crippen LogP contribution in [0.15, 0.2) is 47.1 Å². The number of anilines is 3. The molecule has 3 aromatic rings. The maximum absolute atomic E-state index is 13.2. The number of hydrogen-bond donors (Lipinski definition) is 2. The molecule has 0 unspecified atom stereocenters. The second-order valence-corrected chi connectivity index (χ2v) is 5.31. The van der Waals surface area contributed by atoms with Gasteiger partial charge < -0.3 is 15.1 Å². The van der Waals surface area contributed by atoms with E-state index in [-0.39, 0.29) is 5.02 Å². The smallest absolute Gasteiger partial charge is 0.225 e. The lowest BCUT2D eigenvalue weighted by Gasteiger charge is -2.10. The summed E-state index contributed by atoms with van der Waals surface area (Å²) in [6, 6.07) is 9.87. The SMILES string of the molecule is Cc1cc(Nc2ccc(F)c(Cl)c2)nc(NCc2ccco2)n1. The van der Waals surface area contributed by atoms with E-state index in [1.54, 1.807) is 18.4 Å². The van der Waals surface area contributed by atoms with Crippen LogP contribution in [0.1, 0.15) is 11.5 Å². The molecule has 0 fully saturated rings. The number of benzene rings is 1. The van der Waals surface area contributed by atoms with Crippen LogP contribution in [-0.4, -0.2) is 9.97 Å². The van der Waals surface area contributed by atoms with Gasteiger partial charge in [0, 0.05) is 17.4 Å². The van der Waals surface area contributed by atoms with Crippen LogP contribution in [0.4, 0.5) is 21.8 Å². The molecule has 0 aliphatic carbocycles. The zero-order valence-electron chi connectivity index (χ0n) is 12.3. The van der Waals surface area contributed by atoms with Crippen molar-refractivity contribution in [3.8, 4) is 0 Å². The number of aromatic nitrogens is 2. The average molecular weight is 333 g/mol. The van der Waals surface area contributed by atoms with Crippen LogP contribution in [-0.2, 0) is 6.54 Å². The van der Waals surface area contributed by atoms with Crippen LogP contribution in [0.3, 0.4) is 0 Å². The van der Waals surface area contributed by atoms with Crippen molar-refractivity contribution in [2.75, 3.05) is 10.6 Å². The normalized spacial score (nSPS) is 10.6. The molecule has 0 atom stereocenters. The van der Waals surface area contributed by atoms with Gasteiger partial charge in [0.1, 0.15) is 17.4 Å². The zero-order valence-corrected chi connectivity index (χ0v) is 13.1. The number of halogens is 2. The second-order valence-electron chi connectivity index (χ2n) is 4.90. The molecule has 2 N–H and O–H groups in total. The lowest BCUT2D eigenvalue weighted by molar-refractivity contribution is 0.517. The molecule has 23 heavy (non-hydrogen) atoms. The Morgan fingerprint density at radius 3 is 2.83 bits per heavy atom. The number of furan rings is 1. The summed E-state index contributed by atoms with van der Waals surface area (Å²) in [6.45, 7) is 2.35. The molecule has 1 aromatic carbocycles. The highest BCUT2D eigenvalue weighted by atomic mass is 35.5. The standard InChI is InChI=1S/C16H14ClFN4O/c1-10-7-15(21-11-4-5-14(18)13(17)8-11)22-16(20-10)19-9-12-3-2-6-23-12/h2-8H,9H2,1H3,(H2,19,20,21,22). The molecule has 2 heterocycles. The first kappa shape index (κ1) is 15.3. The Labute approximate surface area is 137 Å². The van der Waals surface area contributed by atoms with Gasteiger partial charge in [-0.25, -0.2) is 9.37 Å². The summed E-state index contributed by atoms with van der Waals surface area (Å²) in [5.41, 5.74) is 1.43. The summed E-state index contributed by atoms with van der Waals surface area (Å²) in [5, 5.41) is 6.23. The van der Waals surface area contributed by atoms with E-state index in [2.05, 4.69) is 20.6 Å². The van der Waals surface area contributed by atoms with Crippen molar-refractivity contribution < 1.29 is 8.81 Å². The molecule has 7 heteroatoms. The van der Waals surface area contributed by atoms with Crippen LogP contribution in [0.5, 0.6) is 0 Å². The van der Waals surface area contributed by atoms with Gasteiger partial charge in [-0.1, -0.05) is 11.6 Å². The third-order valence-electron chi connectivity index (χ3n) is 3.05. The molecule has 2 aromatic heterocycles. The molecule has 0 radical (unpaired) electrons. The lowest BCUT2D eigenvalue weighted by Crippen LogP contribution is -2.06. The average Bonchev–Trinajstić information content (AvgIpc) is 3.02. The molecule has 0 saturated carbocycles. The van der Waals surface area contributed by atoms with Crippen molar-refractivity contribution in [3.63, 3.8) is 0 Å². The molecular weight excluding hydrogens is 319 g/mol. The van der Waals surface area contributed by atoms with Crippen LogP contribution >= 0.6 is 11.6 Å². The molecule has 0 aliphatic rings. The molecule has 0 saturated heterocycles. The molecule has 0 aliphatic heterocycles. The molecule has 0 amide bonds. The Kier molecular flexibility index (Phi) is 4.43. The van der Waals surface area contributed by atoms with Gasteiger partial charge in [-0.05, 0) is 37.3 Å². The minimum absolute atomic E-state index is 0.0527. The highest BCUT2D eigenvalue weighted by Crippen LogP contribution is 2.22. The number of nitrogens with zero attached hydrogens (tertiary/aromatic N) is 2. The molecule has 0 bridgehead atoms. The van der Waals surface area contributed by atoms with Gasteiger partial charge in [-0.15, -0.1) is 0 Å². The van der Waals surface area contributed by atoms with Gasteiger partial charge in [-0.2, -0.15) is 4.98 Å². The quantitative estimate of drug-likeness (QED) is 0.719. The van der Waals surface area contributed by atoms with E-state index in [0.717, 1.165) is 11.5 Å². The van der Waals surface area contributed by atoms with Crippen LogP contribution < -0.4 is 10.6 Å². The maximum atomic E-state index is 13.2. The summed E-state index contributed by atoms with van der Waals surface area (Å²) in [5.74, 6) is 1.38. The Bertz CT molecular complexity index is 808. The Hall–Kier alpha value is -2.60. The number of nitrogens with one attached hydrogen (secondary N) is 2. The predicted molar refractivity (Wildman–Crippen MR) is 87.5 cm³/mol. The van der Waals surface area contributed by atoms with Gasteiger partial charge in [0.15, 0.2) is 0 Å². The van der Waals surface area contributed by atoms with Gasteiger partial charge in [0.25, 0.3) is 0 Å². The van der Waals surface area contributed by atoms with Crippen molar-refractivity contribution in [3.05, 3.63) is 65.0 Å². The van der Waals surface area contributed by atoms with Crippen LogP contribution in [0.2, 0.25) is 5.02 Å². The second kappa shape index (κ2) is 6.66. The lowest BCUT2D eigenvalue weighted by atomic mass is 10.3. The molecule has 0 spiro atoms. The third kappa shape index (κ3) is 3.98. The van der Waals surface area contributed by atoms with E-state index in [9.17, 15) is 4.39 Å². The first-order valence-corrected chi connectivity index (χ1v) is 7.32. The van der Waals surface area contributed by atoms with E-state index >= 15 is 0 Å². The number of aryl methyl sites for hydroxylation is 1. The van der Waals surface area contributed by atoms with E-state index in [1.807, 2.05) is 19.1 Å². The fourth-order valence-electron chi connectivity index (χ4n) is 2.01. The highest BCUT2D eigenvalue weighted by molar-refractivity contribution is 6.31. The van der Waals surface area contributed by atoms with Gasteiger partial charge in [0.05, 0.1) is 17.8 Å². The molecule has 118 valence electrons. The fraction of sp³-hybridized carbons (Fsp3) is 0.125. The van der Waals surface area contributed by atoms with E-state index < -0.39 is 5.82 Å². The summed E-state index contributed by atoms with van der Waals surface area (Å²) in [6.07, 6.45) is 1.61. The first-order chi connectivity index (χ1) is 11.1. The number of hydrogen-bond acceptors (Lipinski definition) is 5. The Morgan fingerprint density at radius 1 is 1.22 bits per heavy atom.